The molecular formula is C16H15Br2ClO. The Kier molecular flexibility index (Phi) is 5.16. The average molecular weight is 419 g/mol. The van der Waals surface area contributed by atoms with E-state index in [-0.39, 0.29) is 4.83 Å². The Bertz CT molecular complexity index is 641. The second kappa shape index (κ2) is 6.50. The third-order valence-corrected chi connectivity index (χ3v) is 5.56. The zero-order valence-electron chi connectivity index (χ0n) is 11.5. The lowest BCUT2D eigenvalue weighted by molar-refractivity contribution is 0.410. The Morgan fingerprint density at radius 1 is 1.10 bits per heavy atom. The van der Waals surface area contributed by atoms with E-state index in [1.807, 2.05) is 32.0 Å². The molecule has 0 aromatic heterocycles. The normalized spacial score (nSPS) is 12.3. The van der Waals surface area contributed by atoms with Crippen molar-refractivity contribution in [3.05, 3.63) is 62.1 Å². The molecule has 0 aliphatic heterocycles. The van der Waals surface area contributed by atoms with Crippen LogP contribution in [0.5, 0.6) is 5.75 Å². The first-order valence-corrected chi connectivity index (χ1v) is 8.27. The van der Waals surface area contributed by atoms with Gasteiger partial charge in [-0.3, -0.25) is 0 Å². The SMILES string of the molecule is COc1cc(C)c(Br)cc1C(Br)c1ccc(Cl)c(C)c1. The topological polar surface area (TPSA) is 9.23 Å². The summed E-state index contributed by atoms with van der Waals surface area (Å²) in [5.41, 5.74) is 4.46. The predicted octanol–water partition coefficient (Wildman–Crippen LogP) is 6.21. The molecule has 1 nitrogen and oxygen atoms in total. The summed E-state index contributed by atoms with van der Waals surface area (Å²) in [4.78, 5) is 0.0605. The molecule has 0 bridgehead atoms. The first-order chi connectivity index (χ1) is 9.43. The maximum absolute atomic E-state index is 6.09. The number of hydrogen-bond acceptors (Lipinski definition) is 1. The quantitative estimate of drug-likeness (QED) is 0.538. The first kappa shape index (κ1) is 15.9. The van der Waals surface area contributed by atoms with Crippen LogP contribution in [0.3, 0.4) is 0 Å². The molecule has 0 aliphatic rings. The summed E-state index contributed by atoms with van der Waals surface area (Å²) < 4.78 is 6.57. The number of methoxy groups -OCH3 is 1. The fourth-order valence-corrected chi connectivity index (χ4v) is 3.17. The number of benzene rings is 2. The molecule has 0 saturated heterocycles. The van der Waals surface area contributed by atoms with Crippen molar-refractivity contribution in [1.29, 1.82) is 0 Å². The summed E-state index contributed by atoms with van der Waals surface area (Å²) in [5, 5.41) is 0.783. The lowest BCUT2D eigenvalue weighted by atomic mass is 10.0. The van der Waals surface area contributed by atoms with Gasteiger partial charge in [-0.1, -0.05) is 55.6 Å². The predicted molar refractivity (Wildman–Crippen MR) is 92.4 cm³/mol. The highest BCUT2D eigenvalue weighted by atomic mass is 79.9. The number of ether oxygens (including phenoxy) is 1. The maximum Gasteiger partial charge on any atom is 0.123 e. The molecule has 0 fully saturated rings. The Balaban J connectivity index is 2.49. The number of hydrogen-bond donors (Lipinski definition) is 0. The van der Waals surface area contributed by atoms with Gasteiger partial charge in [-0.05, 0) is 48.7 Å². The van der Waals surface area contributed by atoms with E-state index in [0.717, 1.165) is 37.5 Å². The minimum absolute atomic E-state index is 0.0605. The third kappa shape index (κ3) is 3.21. The number of aryl methyl sites for hydroxylation is 2. The van der Waals surface area contributed by atoms with E-state index in [1.54, 1.807) is 7.11 Å². The lowest BCUT2D eigenvalue weighted by Crippen LogP contribution is -1.99. The summed E-state index contributed by atoms with van der Waals surface area (Å²) >= 11 is 13.4. The minimum atomic E-state index is 0.0605. The van der Waals surface area contributed by atoms with E-state index in [2.05, 4.69) is 44.0 Å². The molecule has 0 N–H and O–H groups in total. The van der Waals surface area contributed by atoms with Crippen LogP contribution in [0.25, 0.3) is 0 Å². The number of halogens is 3. The molecule has 2 rings (SSSR count). The van der Waals surface area contributed by atoms with Crippen molar-refractivity contribution in [2.24, 2.45) is 0 Å². The van der Waals surface area contributed by atoms with Gasteiger partial charge in [-0.2, -0.15) is 0 Å². The van der Waals surface area contributed by atoms with Gasteiger partial charge in [0.25, 0.3) is 0 Å². The molecule has 0 radical (unpaired) electrons. The van der Waals surface area contributed by atoms with E-state index in [4.69, 9.17) is 16.3 Å². The summed E-state index contributed by atoms with van der Waals surface area (Å²) in [6.45, 7) is 4.06. The van der Waals surface area contributed by atoms with Gasteiger partial charge in [0.2, 0.25) is 0 Å². The Morgan fingerprint density at radius 2 is 1.80 bits per heavy atom. The summed E-state index contributed by atoms with van der Waals surface area (Å²) in [6, 6.07) is 10.2. The van der Waals surface area contributed by atoms with Crippen LogP contribution >= 0.6 is 43.5 Å². The molecule has 0 heterocycles. The second-order valence-corrected chi connectivity index (χ2v) is 6.89. The van der Waals surface area contributed by atoms with Crippen LogP contribution in [0.15, 0.2) is 34.8 Å². The van der Waals surface area contributed by atoms with Crippen LogP contribution in [0, 0.1) is 13.8 Å². The molecule has 0 saturated carbocycles. The van der Waals surface area contributed by atoms with Crippen LogP contribution in [-0.2, 0) is 0 Å². The molecule has 0 spiro atoms. The van der Waals surface area contributed by atoms with Gasteiger partial charge in [0.15, 0.2) is 0 Å². The second-order valence-electron chi connectivity index (χ2n) is 4.71. The zero-order chi connectivity index (χ0) is 14.9. The first-order valence-electron chi connectivity index (χ1n) is 6.18. The van der Waals surface area contributed by atoms with Gasteiger partial charge < -0.3 is 4.74 Å². The van der Waals surface area contributed by atoms with Crippen LogP contribution < -0.4 is 4.74 Å². The average Bonchev–Trinajstić information content (AvgIpc) is 2.43. The smallest absolute Gasteiger partial charge is 0.123 e. The lowest BCUT2D eigenvalue weighted by Gasteiger charge is -2.17. The number of alkyl halides is 1. The molecular weight excluding hydrogens is 403 g/mol. The van der Waals surface area contributed by atoms with Crippen molar-refractivity contribution >= 4 is 43.5 Å². The van der Waals surface area contributed by atoms with E-state index < -0.39 is 0 Å². The Hall–Kier alpha value is -0.510. The van der Waals surface area contributed by atoms with E-state index >= 15 is 0 Å². The fourth-order valence-electron chi connectivity index (χ4n) is 2.05. The standard InChI is InChI=1S/C16H15Br2ClO/c1-9-7-15(20-3)12(8-13(9)17)16(18)11-4-5-14(19)10(2)6-11/h4-8,16H,1-3H3. The molecule has 2 aromatic carbocycles. The molecule has 20 heavy (non-hydrogen) atoms. The summed E-state index contributed by atoms with van der Waals surface area (Å²) in [7, 11) is 1.69. The van der Waals surface area contributed by atoms with Gasteiger partial charge in [0.05, 0.1) is 11.9 Å². The fraction of sp³-hybridized carbons (Fsp3) is 0.250. The molecule has 106 valence electrons. The Labute approximate surface area is 141 Å². The van der Waals surface area contributed by atoms with Crippen LogP contribution in [0.4, 0.5) is 0 Å². The highest BCUT2D eigenvalue weighted by molar-refractivity contribution is 9.10. The summed E-state index contributed by atoms with van der Waals surface area (Å²) in [6.07, 6.45) is 0. The highest BCUT2D eigenvalue weighted by Gasteiger charge is 2.17. The molecule has 1 unspecified atom stereocenters. The molecule has 1 atom stereocenters. The van der Waals surface area contributed by atoms with Gasteiger partial charge >= 0.3 is 0 Å². The third-order valence-electron chi connectivity index (χ3n) is 3.26. The minimum Gasteiger partial charge on any atom is -0.496 e. The monoisotopic (exact) mass is 416 g/mol. The van der Waals surface area contributed by atoms with Gasteiger partial charge in [0, 0.05) is 15.1 Å². The molecule has 0 amide bonds. The van der Waals surface area contributed by atoms with Crippen LogP contribution in [0.1, 0.15) is 27.1 Å². The van der Waals surface area contributed by atoms with Crippen molar-refractivity contribution in [3.63, 3.8) is 0 Å². The van der Waals surface area contributed by atoms with Gasteiger partial charge in [-0.15, -0.1) is 0 Å². The van der Waals surface area contributed by atoms with E-state index in [9.17, 15) is 0 Å². The zero-order valence-corrected chi connectivity index (χ0v) is 15.4. The van der Waals surface area contributed by atoms with E-state index in [0.29, 0.717) is 0 Å². The largest absolute Gasteiger partial charge is 0.496 e. The van der Waals surface area contributed by atoms with Crippen molar-refractivity contribution in [2.45, 2.75) is 18.7 Å². The van der Waals surface area contributed by atoms with Crippen molar-refractivity contribution in [2.75, 3.05) is 7.11 Å². The maximum atomic E-state index is 6.09. The number of rotatable bonds is 3. The van der Waals surface area contributed by atoms with Crippen molar-refractivity contribution in [3.8, 4) is 5.75 Å². The molecule has 2 aromatic rings. The van der Waals surface area contributed by atoms with Gasteiger partial charge in [0.1, 0.15) is 5.75 Å². The van der Waals surface area contributed by atoms with E-state index in [1.165, 1.54) is 0 Å². The molecule has 4 heteroatoms. The van der Waals surface area contributed by atoms with Crippen LogP contribution in [-0.4, -0.2) is 7.11 Å². The summed E-state index contributed by atoms with van der Waals surface area (Å²) in [5.74, 6) is 0.875. The van der Waals surface area contributed by atoms with Crippen molar-refractivity contribution < 1.29 is 4.74 Å². The van der Waals surface area contributed by atoms with Crippen molar-refractivity contribution in [1.82, 2.24) is 0 Å². The van der Waals surface area contributed by atoms with Crippen LogP contribution in [0.2, 0.25) is 5.02 Å². The Morgan fingerprint density at radius 3 is 2.40 bits per heavy atom. The molecule has 0 aliphatic carbocycles. The van der Waals surface area contributed by atoms with Gasteiger partial charge in [-0.25, -0.2) is 0 Å². The highest BCUT2D eigenvalue weighted by Crippen LogP contribution is 2.40.